The van der Waals surface area contributed by atoms with Gasteiger partial charge in [-0.15, -0.1) is 0 Å². The maximum absolute atomic E-state index is 8.63. The van der Waals surface area contributed by atoms with Crippen molar-refractivity contribution in [2.24, 2.45) is 0 Å². The Bertz CT molecular complexity index is 352. The number of rotatable bonds is 0. The Morgan fingerprint density at radius 2 is 0.409 bits per heavy atom. The third kappa shape index (κ3) is 1060. The van der Waals surface area contributed by atoms with E-state index in [1.807, 2.05) is 0 Å². The second kappa shape index (κ2) is 29.1. The van der Waals surface area contributed by atoms with Crippen molar-refractivity contribution < 1.29 is 144 Å². The molecule has 0 aromatic carbocycles. The van der Waals surface area contributed by atoms with Crippen LogP contribution in [-0.4, -0.2) is 52.4 Å². The average molecular weight is 1060 g/mol. The van der Waals surface area contributed by atoms with Crippen molar-refractivity contribution in [2.45, 2.75) is 0 Å². The molecule has 0 heterocycles. The van der Waals surface area contributed by atoms with Crippen molar-refractivity contribution in [3.63, 3.8) is 0 Å². The summed E-state index contributed by atoms with van der Waals surface area (Å²) in [6.45, 7) is 0. The first-order chi connectivity index (χ1) is 6.00. The normalized spacial score (nSPS) is 7.91. The van der Waals surface area contributed by atoms with Gasteiger partial charge in [-0.1, -0.05) is 0 Å². The van der Waals surface area contributed by atoms with E-state index in [0.717, 1.165) is 0 Å². The van der Waals surface area contributed by atoms with Crippen molar-refractivity contribution in [1.82, 2.24) is 0 Å². The fraction of sp³-hybridized carbons (Fsp3) is 0. The van der Waals surface area contributed by atoms with Crippen LogP contribution in [0.1, 0.15) is 0 Å². The molecule has 6 radical (unpaired) electrons. The van der Waals surface area contributed by atoms with Gasteiger partial charge in [-0.2, -0.15) is 0 Å². The van der Waals surface area contributed by atoms with Gasteiger partial charge in [0, 0.05) is 0 Å². The summed E-state index contributed by atoms with van der Waals surface area (Å²) in [6, 6.07) is 0. The van der Waals surface area contributed by atoms with E-state index in [1.54, 1.807) is 0 Å². The molecule has 22 heteroatoms. The molecular formula is Bi2Fe2Mo3O15. The molecule has 0 saturated carbocycles. The summed E-state index contributed by atoms with van der Waals surface area (Å²) in [5.74, 6) is 0. The van der Waals surface area contributed by atoms with Gasteiger partial charge in [0.15, 0.2) is 0 Å². The monoisotopic (exact) mass is 1060 g/mol. The van der Waals surface area contributed by atoms with Crippen LogP contribution in [0.25, 0.3) is 0 Å². The Balaban J connectivity index is -0.0000000106. The van der Waals surface area contributed by atoms with Crippen LogP contribution in [-0.2, 0) is 121 Å². The predicted octanol–water partition coefficient (Wildman–Crippen LogP) is -8.98. The van der Waals surface area contributed by atoms with Gasteiger partial charge in [0.2, 0.25) is 0 Å². The summed E-state index contributed by atoms with van der Waals surface area (Å²) < 4.78 is 104. The van der Waals surface area contributed by atoms with Crippen molar-refractivity contribution in [3.05, 3.63) is 0 Å². The first-order valence-corrected chi connectivity index (χ1v) is 11.8. The van der Waals surface area contributed by atoms with Crippen LogP contribution in [0.15, 0.2) is 0 Å². The van der Waals surface area contributed by atoms with Crippen LogP contribution >= 0.6 is 0 Å². The van der Waals surface area contributed by atoms with E-state index in [4.69, 9.17) is 42.9 Å². The van der Waals surface area contributed by atoms with Gasteiger partial charge in [0.25, 0.3) is 0 Å². The minimum atomic E-state index is -6.02. The molecule has 0 aromatic heterocycles. The molecule has 0 aliphatic heterocycles. The van der Waals surface area contributed by atoms with Crippen molar-refractivity contribution in [2.75, 3.05) is 0 Å². The van der Waals surface area contributed by atoms with Crippen LogP contribution in [0, 0.1) is 0 Å². The van der Waals surface area contributed by atoms with Gasteiger partial charge in [0.1, 0.15) is 0 Å². The topological polar surface area (TPSA) is 326 Å². The van der Waals surface area contributed by atoms with Crippen molar-refractivity contribution in [1.29, 1.82) is 0 Å². The summed E-state index contributed by atoms with van der Waals surface area (Å²) in [5, 5.41) is 0. The van der Waals surface area contributed by atoms with Crippen LogP contribution in [0.3, 0.4) is 0 Å². The predicted molar refractivity (Wildman–Crippen MR) is 17.7 cm³/mol. The zero-order valence-electron chi connectivity index (χ0n) is 8.95. The van der Waals surface area contributed by atoms with Gasteiger partial charge in [0.05, 0.1) is 0 Å². The molecule has 0 rings (SSSR count). The molecule has 15 nitrogen and oxygen atoms in total. The Kier molecular flexibility index (Phi) is 84.4. The van der Waals surface area contributed by atoms with Crippen molar-refractivity contribution >= 4 is 52.4 Å². The third-order valence-electron chi connectivity index (χ3n) is 0. The Hall–Kier alpha value is 3.31. The molecule has 0 aromatic rings. The third-order valence-corrected chi connectivity index (χ3v) is 0. The average Bonchev–Trinajstić information content (AvgIpc) is 1.41. The molecule has 0 aliphatic carbocycles. The van der Waals surface area contributed by atoms with Gasteiger partial charge in [-0.25, -0.2) is 0 Å². The molecule has 0 aliphatic rings. The zero-order chi connectivity index (χ0) is 13.5. The van der Waals surface area contributed by atoms with E-state index in [9.17, 15) is 0 Å². The first-order valence-electron chi connectivity index (χ1n) is 2.00. The molecule has 0 N–H and O–H groups in total. The van der Waals surface area contributed by atoms with E-state index in [2.05, 4.69) is 0 Å². The summed E-state index contributed by atoms with van der Waals surface area (Å²) in [4.78, 5) is 0. The summed E-state index contributed by atoms with van der Waals surface area (Å²) in [5.41, 5.74) is 0. The van der Waals surface area contributed by atoms with Crippen LogP contribution in [0.5, 0.6) is 0 Å². The van der Waals surface area contributed by atoms with E-state index >= 15 is 0 Å². The fourth-order valence-electron chi connectivity index (χ4n) is 0. The summed E-state index contributed by atoms with van der Waals surface area (Å²) in [7, 11) is 0. The number of hydrogen-bond acceptors (Lipinski definition) is 12. The zero-order valence-corrected chi connectivity index (χ0v) is 24.1. The van der Waals surface area contributed by atoms with Gasteiger partial charge >= 0.3 is 180 Å². The molecule has 0 unspecified atom stereocenters. The van der Waals surface area contributed by atoms with Gasteiger partial charge < -0.3 is 16.4 Å². The SMILES string of the molecule is [Bi+3].[Bi+3].[Fe+3].[Fe+3].[O-2].[O-2].[O-2].[O]=[Mo](=[O])([O-])[O-].[O]=[Mo](=[O])([O-])[O-].[O]=[Mo](=[O])([O-])[O-]. The van der Waals surface area contributed by atoms with Gasteiger partial charge in [-0.05, 0) is 0 Å². The molecule has 0 spiro atoms. The standard InChI is InChI=1S/2Bi.2Fe.3Mo.15O/q4*+3;;;;;;;;;;3*-2;6*-1. The first kappa shape index (κ1) is 63.8. The van der Waals surface area contributed by atoms with Gasteiger partial charge in [-0.3, -0.25) is 0 Å². The molecule has 0 bridgehead atoms. The van der Waals surface area contributed by atoms with E-state index < -0.39 is 50.2 Å². The molecule has 22 heavy (non-hydrogen) atoms. The summed E-state index contributed by atoms with van der Waals surface area (Å²) in [6.07, 6.45) is 0. The molecular weight excluding hydrogens is 1060 g/mol. The minimum absolute atomic E-state index is 0. The van der Waals surface area contributed by atoms with Crippen LogP contribution in [0.4, 0.5) is 0 Å². The van der Waals surface area contributed by atoms with Crippen molar-refractivity contribution in [3.8, 4) is 0 Å². The van der Waals surface area contributed by atoms with E-state index in [0.29, 0.717) is 0 Å². The maximum atomic E-state index is 8.63. The fourth-order valence-corrected chi connectivity index (χ4v) is 0. The number of hydrogen-bond donors (Lipinski definition) is 0. The second-order valence-corrected chi connectivity index (χ2v) is 7.25. The molecule has 0 amide bonds. The molecule has 134 valence electrons. The van der Waals surface area contributed by atoms with Crippen LogP contribution in [0.2, 0.25) is 0 Å². The quantitative estimate of drug-likeness (QED) is 0.204. The van der Waals surface area contributed by atoms with Crippen LogP contribution < -0.4 is 22.6 Å². The molecule has 0 fully saturated rings. The second-order valence-electron chi connectivity index (χ2n) is 1.22. The summed E-state index contributed by atoms with van der Waals surface area (Å²) >= 11 is -18.1. The van der Waals surface area contributed by atoms with E-state index in [1.165, 1.54) is 0 Å². The van der Waals surface area contributed by atoms with E-state index in [-0.39, 0.29) is 103 Å². The Morgan fingerprint density at radius 1 is 0.409 bits per heavy atom. The Labute approximate surface area is 193 Å². The Morgan fingerprint density at radius 3 is 0.409 bits per heavy atom. The molecule has 0 saturated heterocycles. The molecule has 0 atom stereocenters.